The normalized spacial score (nSPS) is 20.1. The van der Waals surface area contributed by atoms with Crippen LogP contribution in [0.1, 0.15) is 36.3 Å². The van der Waals surface area contributed by atoms with E-state index in [-0.39, 0.29) is 17.2 Å². The number of carbonyl (C=O) groups excluding carboxylic acids is 1. The van der Waals surface area contributed by atoms with E-state index in [1.165, 1.54) is 24.0 Å². The van der Waals surface area contributed by atoms with Crippen molar-refractivity contribution in [1.29, 1.82) is 0 Å². The van der Waals surface area contributed by atoms with Gasteiger partial charge in [0.15, 0.2) is 5.96 Å². The molecule has 0 saturated heterocycles. The Hall–Kier alpha value is -2.34. The van der Waals surface area contributed by atoms with E-state index < -0.39 is 0 Å². The summed E-state index contributed by atoms with van der Waals surface area (Å²) >= 11 is 3.57. The Bertz CT molecular complexity index is 907. The molecule has 1 fully saturated rings. The molecule has 1 heterocycles. The van der Waals surface area contributed by atoms with Crippen molar-refractivity contribution in [3.8, 4) is 0 Å². The van der Waals surface area contributed by atoms with Crippen LogP contribution in [0.4, 0.5) is 5.69 Å². The molecule has 2 aliphatic rings. The molecule has 0 radical (unpaired) electrons. The number of para-hydroxylation sites is 1. The fourth-order valence-electron chi connectivity index (χ4n) is 3.91. The van der Waals surface area contributed by atoms with Crippen LogP contribution >= 0.6 is 15.9 Å². The molecule has 1 aliphatic heterocycles. The minimum atomic E-state index is 0.0695. The van der Waals surface area contributed by atoms with Gasteiger partial charge in [-0.05, 0) is 42.2 Å². The molecular formula is C22H25BrN4O. The number of benzene rings is 2. The van der Waals surface area contributed by atoms with Gasteiger partial charge in [0, 0.05) is 48.1 Å². The molecule has 1 saturated carbocycles. The highest BCUT2D eigenvalue weighted by Gasteiger charge is 2.44. The van der Waals surface area contributed by atoms with E-state index in [4.69, 9.17) is 0 Å². The summed E-state index contributed by atoms with van der Waals surface area (Å²) in [4.78, 5) is 16.4. The van der Waals surface area contributed by atoms with Gasteiger partial charge in [-0.15, -0.1) is 0 Å². The quantitative estimate of drug-likeness (QED) is 0.489. The summed E-state index contributed by atoms with van der Waals surface area (Å²) in [5, 5.41) is 9.85. The Morgan fingerprint density at radius 2 is 2.04 bits per heavy atom. The van der Waals surface area contributed by atoms with Crippen molar-refractivity contribution in [3.05, 3.63) is 64.1 Å². The summed E-state index contributed by atoms with van der Waals surface area (Å²) < 4.78 is 1.12. The molecule has 1 amide bonds. The highest BCUT2D eigenvalue weighted by molar-refractivity contribution is 9.10. The number of halogens is 1. The molecule has 0 spiro atoms. The highest BCUT2D eigenvalue weighted by atomic mass is 79.9. The van der Waals surface area contributed by atoms with Gasteiger partial charge in [0.25, 0.3) is 0 Å². The third-order valence-corrected chi connectivity index (χ3v) is 6.22. The van der Waals surface area contributed by atoms with Gasteiger partial charge in [-0.2, -0.15) is 0 Å². The number of guanidine groups is 1. The first-order valence-electron chi connectivity index (χ1n) is 9.69. The number of anilines is 1. The fourth-order valence-corrected chi connectivity index (χ4v) is 4.31. The lowest BCUT2D eigenvalue weighted by atomic mass is 9.90. The maximum Gasteiger partial charge on any atom is 0.225 e. The maximum absolute atomic E-state index is 12.0. The van der Waals surface area contributed by atoms with Crippen molar-refractivity contribution in [3.63, 3.8) is 0 Å². The average molecular weight is 441 g/mol. The lowest BCUT2D eigenvalue weighted by molar-refractivity contribution is -0.116. The zero-order valence-electron chi connectivity index (χ0n) is 16.0. The van der Waals surface area contributed by atoms with Crippen LogP contribution < -0.4 is 16.0 Å². The minimum Gasteiger partial charge on any atom is -0.356 e. The summed E-state index contributed by atoms with van der Waals surface area (Å²) in [5.74, 6) is 0.994. The number of carbonyl (C=O) groups is 1. The summed E-state index contributed by atoms with van der Waals surface area (Å²) in [6, 6.07) is 16.6. The van der Waals surface area contributed by atoms with Crippen LogP contribution in [-0.4, -0.2) is 32.0 Å². The van der Waals surface area contributed by atoms with E-state index in [0.717, 1.165) is 22.7 Å². The molecular weight excluding hydrogens is 416 g/mol. The Balaban J connectivity index is 1.37. The second kappa shape index (κ2) is 7.95. The zero-order valence-corrected chi connectivity index (χ0v) is 17.6. The van der Waals surface area contributed by atoms with Gasteiger partial charge >= 0.3 is 0 Å². The van der Waals surface area contributed by atoms with Crippen LogP contribution in [-0.2, 0) is 10.2 Å². The zero-order chi connectivity index (χ0) is 19.6. The van der Waals surface area contributed by atoms with Crippen LogP contribution in [0.5, 0.6) is 0 Å². The Morgan fingerprint density at radius 3 is 2.79 bits per heavy atom. The predicted octanol–water partition coefficient (Wildman–Crippen LogP) is 3.77. The second-order valence-electron chi connectivity index (χ2n) is 7.63. The molecule has 5 nitrogen and oxygen atoms in total. The summed E-state index contributed by atoms with van der Waals surface area (Å²) in [5.41, 5.74) is 3.65. The van der Waals surface area contributed by atoms with Crippen molar-refractivity contribution in [2.45, 2.75) is 30.6 Å². The van der Waals surface area contributed by atoms with Gasteiger partial charge in [0.1, 0.15) is 0 Å². The molecule has 2 aromatic carbocycles. The lowest BCUT2D eigenvalue weighted by Crippen LogP contribution is -2.43. The molecule has 0 bridgehead atoms. The molecule has 6 heteroatoms. The molecule has 1 unspecified atom stereocenters. The average Bonchev–Trinajstić information content (AvgIpc) is 3.49. The van der Waals surface area contributed by atoms with Crippen LogP contribution in [0, 0.1) is 0 Å². The highest BCUT2D eigenvalue weighted by Crippen LogP contribution is 2.48. The lowest BCUT2D eigenvalue weighted by Gasteiger charge is -2.26. The molecule has 1 aliphatic carbocycles. The van der Waals surface area contributed by atoms with Gasteiger partial charge in [-0.1, -0.05) is 46.3 Å². The van der Waals surface area contributed by atoms with Crippen LogP contribution in [0.25, 0.3) is 0 Å². The van der Waals surface area contributed by atoms with Crippen LogP contribution in [0.3, 0.4) is 0 Å². The smallest absolute Gasteiger partial charge is 0.225 e. The fraction of sp³-hybridized carbons (Fsp3) is 0.364. The molecule has 146 valence electrons. The number of rotatable bonds is 5. The van der Waals surface area contributed by atoms with E-state index in [1.54, 1.807) is 7.05 Å². The van der Waals surface area contributed by atoms with Crippen molar-refractivity contribution in [1.82, 2.24) is 10.6 Å². The predicted molar refractivity (Wildman–Crippen MR) is 117 cm³/mol. The molecule has 3 N–H and O–H groups in total. The topological polar surface area (TPSA) is 65.5 Å². The second-order valence-corrected chi connectivity index (χ2v) is 8.55. The summed E-state index contributed by atoms with van der Waals surface area (Å²) in [7, 11) is 1.79. The number of nitrogens with one attached hydrogen (secondary N) is 3. The first kappa shape index (κ1) is 19.0. The van der Waals surface area contributed by atoms with Crippen LogP contribution in [0.15, 0.2) is 58.0 Å². The van der Waals surface area contributed by atoms with Crippen molar-refractivity contribution in [2.75, 3.05) is 25.5 Å². The number of amides is 1. The van der Waals surface area contributed by atoms with Gasteiger partial charge in [0.2, 0.25) is 5.91 Å². The number of fused-ring (bicyclic) bond motifs is 1. The Morgan fingerprint density at radius 1 is 1.21 bits per heavy atom. The first-order valence-corrected chi connectivity index (χ1v) is 10.5. The Kier molecular flexibility index (Phi) is 5.40. The standard InChI is InChI=1S/C22H25BrN4O/c1-24-21(26-14-22(9-10-22)16-5-4-6-17(23)12-16)25-13-15-11-20(28)27-19-8-3-2-7-18(15)19/h2-8,12,15H,9-11,13-14H2,1H3,(H,27,28)(H2,24,25,26). The summed E-state index contributed by atoms with van der Waals surface area (Å²) in [6.07, 6.45) is 2.86. The van der Waals surface area contributed by atoms with E-state index >= 15 is 0 Å². The molecule has 2 aromatic rings. The monoisotopic (exact) mass is 440 g/mol. The number of aliphatic imine (C=N–C) groups is 1. The maximum atomic E-state index is 12.0. The first-order chi connectivity index (χ1) is 13.6. The van der Waals surface area contributed by atoms with Gasteiger partial charge < -0.3 is 16.0 Å². The number of hydrogen-bond donors (Lipinski definition) is 3. The molecule has 0 aromatic heterocycles. The number of hydrogen-bond acceptors (Lipinski definition) is 2. The van der Waals surface area contributed by atoms with E-state index in [0.29, 0.717) is 13.0 Å². The van der Waals surface area contributed by atoms with E-state index in [9.17, 15) is 4.79 Å². The van der Waals surface area contributed by atoms with Crippen LogP contribution in [0.2, 0.25) is 0 Å². The van der Waals surface area contributed by atoms with Crippen molar-refractivity contribution >= 4 is 33.5 Å². The van der Waals surface area contributed by atoms with E-state index in [1.807, 2.05) is 18.2 Å². The Labute approximate surface area is 174 Å². The minimum absolute atomic E-state index is 0.0695. The van der Waals surface area contributed by atoms with E-state index in [2.05, 4.69) is 67.2 Å². The summed E-state index contributed by atoms with van der Waals surface area (Å²) in [6.45, 7) is 1.53. The van der Waals surface area contributed by atoms with Gasteiger partial charge in [-0.25, -0.2) is 0 Å². The molecule has 4 rings (SSSR count). The van der Waals surface area contributed by atoms with Crippen molar-refractivity contribution in [2.24, 2.45) is 4.99 Å². The van der Waals surface area contributed by atoms with Gasteiger partial charge in [0.05, 0.1) is 0 Å². The largest absolute Gasteiger partial charge is 0.356 e. The third kappa shape index (κ3) is 4.07. The van der Waals surface area contributed by atoms with Crippen molar-refractivity contribution < 1.29 is 4.79 Å². The number of nitrogens with zero attached hydrogens (tertiary/aromatic N) is 1. The van der Waals surface area contributed by atoms with Gasteiger partial charge in [-0.3, -0.25) is 9.79 Å². The molecule has 28 heavy (non-hydrogen) atoms. The SMILES string of the molecule is CN=C(NCC1CC(=O)Nc2ccccc21)NCC1(c2cccc(Br)c2)CC1. The third-order valence-electron chi connectivity index (χ3n) is 5.73. The molecule has 1 atom stereocenters.